The molecule has 0 spiro atoms. The van der Waals surface area contributed by atoms with Crippen LogP contribution < -0.4 is 25.7 Å². The minimum Gasteiger partial charge on any atom is -0.481 e. The number of hydrogen-bond donors (Lipinski definition) is 6. The molecular weight excluding hydrogens is 1330 g/mol. The second kappa shape index (κ2) is 25.6. The number of primary amides is 2. The van der Waals surface area contributed by atoms with Crippen LogP contribution in [0.3, 0.4) is 0 Å². The van der Waals surface area contributed by atoms with Gasteiger partial charge in [-0.2, -0.15) is 31.6 Å². The van der Waals surface area contributed by atoms with Crippen LogP contribution in [0.2, 0.25) is 15.1 Å². The van der Waals surface area contributed by atoms with Crippen molar-refractivity contribution < 1.29 is 49.0 Å². The fourth-order valence-electron chi connectivity index (χ4n) is 16.3. The van der Waals surface area contributed by atoms with Gasteiger partial charge in [0.1, 0.15) is 34.3 Å². The number of aromatic nitrogens is 3. The van der Waals surface area contributed by atoms with Gasteiger partial charge in [0, 0.05) is 54.5 Å². The number of carboxylic acid groups (broad SMARTS) is 1. The summed E-state index contributed by atoms with van der Waals surface area (Å²) in [7, 11) is 0. The number of rotatable bonds is 9. The summed E-state index contributed by atoms with van der Waals surface area (Å²) in [5.74, 6) is -12.0. The number of amides is 2. The Labute approximate surface area is 587 Å². The maximum atomic E-state index is 12.8. The third-order valence-electron chi connectivity index (χ3n) is 20.0. The van der Waals surface area contributed by atoms with E-state index in [-0.39, 0.29) is 46.8 Å². The maximum absolute atomic E-state index is 12.8. The van der Waals surface area contributed by atoms with Crippen molar-refractivity contribution in [3.05, 3.63) is 283 Å². The van der Waals surface area contributed by atoms with Crippen LogP contribution in [0, 0.1) is 103 Å². The van der Waals surface area contributed by atoms with Gasteiger partial charge in [0.05, 0.1) is 104 Å². The lowest BCUT2D eigenvalue weighted by Crippen LogP contribution is -2.50. The van der Waals surface area contributed by atoms with Crippen molar-refractivity contribution in [1.29, 1.82) is 31.6 Å². The smallest absolute Gasteiger partial charge is 0.308 e. The van der Waals surface area contributed by atoms with Crippen LogP contribution >= 0.6 is 34.8 Å². The van der Waals surface area contributed by atoms with Crippen LogP contribution in [0.15, 0.2) is 201 Å². The first-order valence-corrected chi connectivity index (χ1v) is 31.7. The molecule has 3 saturated carbocycles. The van der Waals surface area contributed by atoms with E-state index in [1.807, 2.05) is 24.3 Å². The lowest BCUT2D eigenvalue weighted by Gasteiger charge is -2.40. The summed E-state index contributed by atoms with van der Waals surface area (Å²) in [4.78, 5) is 51.1. The SMILES string of the molecule is C.N#Cc1ccc([C@@]23Oc4cc(Cl)cnc4[C@]2(O)[C@@H](C#N)[C@H](C(=O)O)[C@H]3c2ccccc2)cc1.N#Cc1ccc([C@@]23Oc4cc(Cl)cnc4[C@]2(O)[C@@H](C#N)[C@H](C(N)=O)[C@H]3c2ccccc2)cc1.N#Cc1ccc([C@@]23Oc4cc(Cl)cnc4[C@]2(O)[C@@H](C#N)[C@H](C(N)=O)[C@H]3c2ccccc2)cc1. The lowest BCUT2D eigenvalue weighted by atomic mass is 9.71. The zero-order valence-electron chi connectivity index (χ0n) is 51.3. The molecule has 24 heteroatoms. The number of carbonyl (C=O) groups excluding carboxylic acids is 2. The summed E-state index contributed by atoms with van der Waals surface area (Å²) in [6.45, 7) is 0. The van der Waals surface area contributed by atoms with Crippen molar-refractivity contribution in [1.82, 2.24) is 15.0 Å². The highest BCUT2D eigenvalue weighted by molar-refractivity contribution is 6.31. The van der Waals surface area contributed by atoms with Crippen LogP contribution in [-0.2, 0) is 48.0 Å². The highest BCUT2D eigenvalue weighted by Crippen LogP contribution is 2.73. The first kappa shape index (κ1) is 68.2. The number of fused-ring (bicyclic) bond motifs is 9. The second-order valence-electron chi connectivity index (χ2n) is 24.6. The average Bonchev–Trinajstić information content (AvgIpc) is 1.51. The van der Waals surface area contributed by atoms with Gasteiger partial charge in [0.2, 0.25) is 11.8 Å². The monoisotopic (exact) mass is 1390 g/mol. The Balaban J connectivity index is 0.000000141. The van der Waals surface area contributed by atoms with Gasteiger partial charge in [-0.15, -0.1) is 0 Å². The number of nitriles is 6. The van der Waals surface area contributed by atoms with Gasteiger partial charge in [0.15, 0.2) is 33.6 Å². The van der Waals surface area contributed by atoms with E-state index >= 15 is 0 Å². The van der Waals surface area contributed by atoms with Gasteiger partial charge in [-0.05, 0) is 69.8 Å². The van der Waals surface area contributed by atoms with Crippen LogP contribution in [0.1, 0.15) is 92.3 Å². The number of carboxylic acids is 1. The van der Waals surface area contributed by atoms with E-state index < -0.39 is 105 Å². The molecule has 15 atom stereocenters. The predicted molar refractivity (Wildman–Crippen MR) is 358 cm³/mol. The molecule has 0 bridgehead atoms. The van der Waals surface area contributed by atoms with E-state index in [0.29, 0.717) is 60.1 Å². The number of hydrogen-bond acceptors (Lipinski definition) is 18. The predicted octanol–water partition coefficient (Wildman–Crippen LogP) is 10.6. The fraction of sp³-hybridized carbons (Fsp3) is 0.211. The molecule has 0 unspecified atom stereocenters. The first-order valence-electron chi connectivity index (χ1n) is 30.5. The van der Waals surface area contributed by atoms with Gasteiger partial charge in [-0.1, -0.05) is 170 Å². The van der Waals surface area contributed by atoms with Crippen LogP contribution in [-0.4, -0.2) is 53.2 Å². The molecule has 3 aliphatic heterocycles. The molecule has 3 aromatic heterocycles. The molecule has 6 heterocycles. The lowest BCUT2D eigenvalue weighted by molar-refractivity contribution is -0.144. The molecule has 8 N–H and O–H groups in total. The van der Waals surface area contributed by atoms with E-state index in [1.165, 1.54) is 36.8 Å². The van der Waals surface area contributed by atoms with Crippen molar-refractivity contribution in [2.45, 2.75) is 58.8 Å². The van der Waals surface area contributed by atoms with Gasteiger partial charge in [-0.3, -0.25) is 29.3 Å². The standard InChI is InChI=1S/2C25H17ClN4O3.C25H16ClN3O4.CH4/c2*26-17-10-19-22(30-13-17)24(32)18(12-28)20(23(29)31)21(15-4-2-1-3-5-15)25(24,33-19)16-8-6-14(11-27)7-9-16;26-17-10-19-22(29-13-17)24(32)18(12-28)20(23(30)31)21(15-4-2-1-3-5-15)25(24,33-19)16-8-6-14(11-27)7-9-16;/h2*1-10,13,18,20-21,32H,(H2,29,31);1-10,13,18,20-21,32H,(H,30,31);1H4/t3*18-,20-,21+,24+,25-;/m000./s1. The number of aliphatic carboxylic acids is 1. The third kappa shape index (κ3) is 9.63. The normalized spacial score (nSPS) is 29.0. The Morgan fingerprint density at radius 3 is 0.890 bits per heavy atom. The number of carbonyl (C=O) groups is 3. The third-order valence-corrected chi connectivity index (χ3v) is 20.7. The largest absolute Gasteiger partial charge is 0.481 e. The fourth-order valence-corrected chi connectivity index (χ4v) is 16.8. The second-order valence-corrected chi connectivity index (χ2v) is 25.9. The van der Waals surface area contributed by atoms with E-state index in [1.54, 1.807) is 152 Å². The molecule has 0 radical (unpaired) electrons. The summed E-state index contributed by atoms with van der Waals surface area (Å²) in [6.07, 6.45) is 4.05. The molecule has 6 aromatic carbocycles. The summed E-state index contributed by atoms with van der Waals surface area (Å²) in [5, 5.41) is 107. The molecule has 3 aliphatic carbocycles. The van der Waals surface area contributed by atoms with Crippen LogP contribution in [0.4, 0.5) is 0 Å². The Kier molecular flexibility index (Phi) is 17.5. The average molecular weight is 1390 g/mol. The van der Waals surface area contributed by atoms with Crippen LogP contribution in [0.25, 0.3) is 0 Å². The van der Waals surface area contributed by atoms with E-state index in [4.69, 9.17) is 60.5 Å². The highest BCUT2D eigenvalue weighted by Gasteiger charge is 2.81. The quantitative estimate of drug-likeness (QED) is 0.0782. The van der Waals surface area contributed by atoms with Crippen molar-refractivity contribution >= 4 is 52.6 Å². The molecule has 15 rings (SSSR count). The maximum Gasteiger partial charge on any atom is 0.308 e. The summed E-state index contributed by atoms with van der Waals surface area (Å²) in [6, 6.07) is 63.3. The number of aliphatic hydroxyl groups is 3. The van der Waals surface area contributed by atoms with Gasteiger partial charge < -0.3 is 46.1 Å². The van der Waals surface area contributed by atoms with Crippen molar-refractivity contribution in [2.24, 2.45) is 47.0 Å². The number of nitrogens with zero attached hydrogens (tertiary/aromatic N) is 9. The first-order chi connectivity index (χ1) is 47.6. The summed E-state index contributed by atoms with van der Waals surface area (Å²) < 4.78 is 19.5. The number of nitrogens with two attached hydrogens (primary N) is 2. The molecule has 0 saturated heterocycles. The van der Waals surface area contributed by atoms with Crippen LogP contribution in [0.5, 0.6) is 17.2 Å². The number of benzene rings is 6. The van der Waals surface area contributed by atoms with E-state index in [0.717, 1.165) is 0 Å². The molecule has 21 nitrogen and oxygen atoms in total. The zero-order valence-corrected chi connectivity index (χ0v) is 53.6. The van der Waals surface area contributed by atoms with E-state index in [9.17, 15) is 66.4 Å². The van der Waals surface area contributed by atoms with Gasteiger partial charge >= 0.3 is 5.97 Å². The molecule has 6 aliphatic rings. The number of halogens is 3. The minimum absolute atomic E-state index is 0. The highest BCUT2D eigenvalue weighted by atomic mass is 35.5. The minimum atomic E-state index is -2.10. The Bertz CT molecular complexity index is 4550. The van der Waals surface area contributed by atoms with Gasteiger partial charge in [-0.25, -0.2) is 0 Å². The molecule has 100 heavy (non-hydrogen) atoms. The topological polar surface area (TPSA) is 393 Å². The molecule has 3 fully saturated rings. The summed E-state index contributed by atoms with van der Waals surface area (Å²) in [5.41, 5.74) is 5.41. The molecule has 2 amide bonds. The molecule has 494 valence electrons. The van der Waals surface area contributed by atoms with Crippen molar-refractivity contribution in [2.75, 3.05) is 0 Å². The Morgan fingerprint density at radius 1 is 0.410 bits per heavy atom. The van der Waals surface area contributed by atoms with E-state index in [2.05, 4.69) is 39.2 Å². The van der Waals surface area contributed by atoms with Crippen molar-refractivity contribution in [3.63, 3.8) is 0 Å². The molecule has 9 aromatic rings. The zero-order chi connectivity index (χ0) is 70.1. The molecular formula is C76H54Cl3N11O10. The van der Waals surface area contributed by atoms with Crippen molar-refractivity contribution in [3.8, 4) is 53.7 Å². The Hall–Kier alpha value is -11.7. The Morgan fingerprint density at radius 2 is 0.660 bits per heavy atom. The number of ether oxygens (including phenoxy) is 3. The number of pyridine rings is 3. The van der Waals surface area contributed by atoms with Gasteiger partial charge in [0.25, 0.3) is 0 Å². The summed E-state index contributed by atoms with van der Waals surface area (Å²) >= 11 is 18.5.